The second-order valence-corrected chi connectivity index (χ2v) is 9.67. The Morgan fingerprint density at radius 1 is 1.19 bits per heavy atom. The lowest BCUT2D eigenvalue weighted by Crippen LogP contribution is -2.82. The minimum Gasteiger partial charge on any atom is -0.392 e. The molecule has 5 fully saturated rings. The van der Waals surface area contributed by atoms with Gasteiger partial charge in [-0.1, -0.05) is 25.1 Å². The summed E-state index contributed by atoms with van der Waals surface area (Å²) in [5.41, 5.74) is 2.55. The van der Waals surface area contributed by atoms with Crippen molar-refractivity contribution in [2.45, 2.75) is 69.0 Å². The van der Waals surface area contributed by atoms with Gasteiger partial charge in [0.05, 0.1) is 30.1 Å². The number of hydrogen-bond donors (Lipinski definition) is 2. The van der Waals surface area contributed by atoms with Crippen LogP contribution in [0.5, 0.6) is 0 Å². The fraction of sp³-hybridized carbons (Fsp3) is 0.727. The first-order chi connectivity index (χ1) is 12.5. The van der Waals surface area contributed by atoms with Crippen LogP contribution in [-0.2, 0) is 5.41 Å². The summed E-state index contributed by atoms with van der Waals surface area (Å²) in [6, 6.07) is 9.93. The maximum atomic E-state index is 11.8. The highest BCUT2D eigenvalue weighted by Gasteiger charge is 2.82. The van der Waals surface area contributed by atoms with Gasteiger partial charge >= 0.3 is 0 Å². The molecule has 0 radical (unpaired) electrons. The molecule has 10 atom stereocenters. The molecule has 10 unspecified atom stereocenters. The standard InChI is InChI=1S/C22H31N2O2/c1-4-12-13-10-16-19-22(14-8-6-7-9-15(14)23(19)3)11-17(18(13)20(22)25)24(16,5-2)21(12)26/h6-9,12-13,16-21,25-26H,4-5,10-11H2,1-3H3/q+1. The Morgan fingerprint density at radius 3 is 2.69 bits per heavy atom. The summed E-state index contributed by atoms with van der Waals surface area (Å²) in [6.07, 6.45) is 2.71. The molecule has 140 valence electrons. The van der Waals surface area contributed by atoms with E-state index in [1.165, 1.54) is 17.7 Å². The van der Waals surface area contributed by atoms with Crippen molar-refractivity contribution in [3.05, 3.63) is 29.8 Å². The van der Waals surface area contributed by atoms with E-state index in [0.717, 1.165) is 23.9 Å². The number of likely N-dealkylation sites (N-methyl/N-ethyl adjacent to an activating group) is 2. The first-order valence-electron chi connectivity index (χ1n) is 10.6. The first kappa shape index (κ1) is 15.9. The van der Waals surface area contributed by atoms with Gasteiger partial charge in [-0.2, -0.15) is 0 Å². The molecule has 1 aromatic rings. The molecule has 1 aliphatic carbocycles. The molecule has 5 aliphatic heterocycles. The zero-order valence-electron chi connectivity index (χ0n) is 16.0. The van der Waals surface area contributed by atoms with Crippen LogP contribution in [0.1, 0.15) is 38.7 Å². The summed E-state index contributed by atoms with van der Waals surface area (Å²) >= 11 is 0. The predicted octanol–water partition coefficient (Wildman–Crippen LogP) is 2.09. The highest BCUT2D eigenvalue weighted by atomic mass is 16.3. The van der Waals surface area contributed by atoms with Crippen LogP contribution >= 0.6 is 0 Å². The van der Waals surface area contributed by atoms with Crippen LogP contribution in [0.2, 0.25) is 0 Å². The molecule has 1 saturated carbocycles. The summed E-state index contributed by atoms with van der Waals surface area (Å²) < 4.78 is 0.849. The van der Waals surface area contributed by atoms with Gasteiger partial charge in [0.2, 0.25) is 0 Å². The Balaban J connectivity index is 1.63. The highest BCUT2D eigenvalue weighted by molar-refractivity contribution is 5.66. The lowest BCUT2D eigenvalue weighted by molar-refractivity contribution is -1.04. The van der Waals surface area contributed by atoms with E-state index in [9.17, 15) is 10.2 Å². The second-order valence-electron chi connectivity index (χ2n) is 9.67. The van der Waals surface area contributed by atoms with E-state index in [-0.39, 0.29) is 17.7 Å². The van der Waals surface area contributed by atoms with Crippen molar-refractivity contribution < 1.29 is 14.7 Å². The normalized spacial score (nSPS) is 55.3. The number of piperidine rings is 4. The van der Waals surface area contributed by atoms with E-state index in [1.54, 1.807) is 0 Å². The molecule has 7 rings (SSSR count). The summed E-state index contributed by atoms with van der Waals surface area (Å²) in [5, 5.41) is 23.4. The van der Waals surface area contributed by atoms with Gasteiger partial charge in [0.1, 0.15) is 6.04 Å². The summed E-state index contributed by atoms with van der Waals surface area (Å²) in [5.74, 6) is 1.18. The minimum absolute atomic E-state index is 0.126. The number of para-hydroxylation sites is 1. The monoisotopic (exact) mass is 355 g/mol. The zero-order chi connectivity index (χ0) is 18.0. The first-order valence-corrected chi connectivity index (χ1v) is 10.6. The van der Waals surface area contributed by atoms with Crippen molar-refractivity contribution in [2.75, 3.05) is 18.5 Å². The third-order valence-corrected chi connectivity index (χ3v) is 9.67. The third kappa shape index (κ3) is 1.30. The fourth-order valence-corrected chi connectivity index (χ4v) is 9.03. The van der Waals surface area contributed by atoms with Gasteiger partial charge < -0.3 is 15.1 Å². The van der Waals surface area contributed by atoms with Gasteiger partial charge in [-0.3, -0.25) is 4.48 Å². The van der Waals surface area contributed by atoms with Crippen LogP contribution in [0, 0.1) is 17.8 Å². The summed E-state index contributed by atoms with van der Waals surface area (Å²) in [6.45, 7) is 5.48. The van der Waals surface area contributed by atoms with Crippen LogP contribution in [-0.4, -0.2) is 58.7 Å². The number of quaternary nitrogens is 1. The summed E-state index contributed by atoms with van der Waals surface area (Å²) in [4.78, 5) is 2.46. The zero-order valence-corrected chi connectivity index (χ0v) is 16.0. The lowest BCUT2D eigenvalue weighted by Gasteiger charge is -2.67. The van der Waals surface area contributed by atoms with E-state index >= 15 is 0 Å². The van der Waals surface area contributed by atoms with Crippen molar-refractivity contribution in [3.63, 3.8) is 0 Å². The van der Waals surface area contributed by atoms with Crippen molar-refractivity contribution in [3.8, 4) is 0 Å². The molecule has 4 heteroatoms. The smallest absolute Gasteiger partial charge is 0.194 e. The van der Waals surface area contributed by atoms with Gasteiger partial charge in [-0.25, -0.2) is 0 Å². The molecule has 5 heterocycles. The molecule has 0 amide bonds. The van der Waals surface area contributed by atoms with E-state index in [1.807, 2.05) is 0 Å². The molecule has 4 saturated heterocycles. The van der Waals surface area contributed by atoms with Gasteiger partial charge in [-0.15, -0.1) is 0 Å². The number of fused-ring (bicyclic) bond motifs is 2. The second kappa shape index (κ2) is 4.65. The van der Waals surface area contributed by atoms with Crippen molar-refractivity contribution in [1.29, 1.82) is 0 Å². The SMILES string of the molecule is CCC1C2CC3C4N(C)c5ccccc5C45CC(C2C5O)[N+]3(CC)C1O. The quantitative estimate of drug-likeness (QED) is 0.799. The highest BCUT2D eigenvalue weighted by Crippen LogP contribution is 2.71. The molecule has 4 nitrogen and oxygen atoms in total. The Kier molecular flexibility index (Phi) is 2.85. The molecule has 1 spiro atoms. The van der Waals surface area contributed by atoms with Gasteiger partial charge in [0, 0.05) is 37.4 Å². The lowest BCUT2D eigenvalue weighted by atomic mass is 9.60. The van der Waals surface area contributed by atoms with Gasteiger partial charge in [-0.05, 0) is 30.9 Å². The number of nitrogens with zero attached hydrogens (tertiary/aromatic N) is 2. The Bertz CT molecular complexity index is 783. The van der Waals surface area contributed by atoms with E-state index in [0.29, 0.717) is 35.9 Å². The largest absolute Gasteiger partial charge is 0.392 e. The maximum Gasteiger partial charge on any atom is 0.194 e. The van der Waals surface area contributed by atoms with Crippen LogP contribution in [0.3, 0.4) is 0 Å². The third-order valence-electron chi connectivity index (χ3n) is 9.67. The topological polar surface area (TPSA) is 43.7 Å². The minimum atomic E-state index is -0.272. The Labute approximate surface area is 156 Å². The number of rotatable bonds is 2. The molecule has 1 aromatic carbocycles. The van der Waals surface area contributed by atoms with Crippen molar-refractivity contribution in [1.82, 2.24) is 0 Å². The van der Waals surface area contributed by atoms with Crippen LogP contribution in [0.4, 0.5) is 5.69 Å². The Morgan fingerprint density at radius 2 is 1.96 bits per heavy atom. The Hall–Kier alpha value is -1.10. The molecular weight excluding hydrogens is 324 g/mol. The number of aliphatic hydroxyl groups excluding tert-OH is 2. The van der Waals surface area contributed by atoms with Gasteiger partial charge in [0.15, 0.2) is 6.23 Å². The molecule has 5 bridgehead atoms. The summed E-state index contributed by atoms with van der Waals surface area (Å²) in [7, 11) is 2.22. The van der Waals surface area contributed by atoms with Crippen molar-refractivity contribution in [2.24, 2.45) is 17.8 Å². The molecule has 26 heavy (non-hydrogen) atoms. The number of anilines is 1. The number of hydrogen-bond acceptors (Lipinski definition) is 3. The van der Waals surface area contributed by atoms with Crippen LogP contribution in [0.25, 0.3) is 0 Å². The van der Waals surface area contributed by atoms with Crippen molar-refractivity contribution >= 4 is 5.69 Å². The average Bonchev–Trinajstić information content (AvgIpc) is 3.04. The number of aliphatic hydroxyl groups is 2. The van der Waals surface area contributed by atoms with E-state index in [2.05, 4.69) is 50.1 Å². The molecular formula is C22H31N2O2+. The molecule has 0 aromatic heterocycles. The van der Waals surface area contributed by atoms with E-state index < -0.39 is 0 Å². The predicted molar refractivity (Wildman–Crippen MR) is 101 cm³/mol. The van der Waals surface area contributed by atoms with E-state index in [4.69, 9.17) is 0 Å². The molecule has 2 N–H and O–H groups in total. The number of benzene rings is 1. The maximum absolute atomic E-state index is 11.8. The van der Waals surface area contributed by atoms with Crippen LogP contribution < -0.4 is 4.90 Å². The van der Waals surface area contributed by atoms with Crippen LogP contribution in [0.15, 0.2) is 24.3 Å². The van der Waals surface area contributed by atoms with Gasteiger partial charge in [0.25, 0.3) is 0 Å². The fourth-order valence-electron chi connectivity index (χ4n) is 9.03. The average molecular weight is 356 g/mol. The molecule has 6 aliphatic rings.